The first-order valence-corrected chi connectivity index (χ1v) is 13.2. The van der Waals surface area contributed by atoms with Gasteiger partial charge in [0.2, 0.25) is 6.20 Å². The van der Waals surface area contributed by atoms with Crippen LogP contribution in [0.25, 0.3) is 0 Å². The minimum absolute atomic E-state index is 0.0473. The minimum Gasteiger partial charge on any atom is -0.477 e. The summed E-state index contributed by atoms with van der Waals surface area (Å²) in [5, 5.41) is 44.2. The number of aliphatic hydroxyl groups is 2. The van der Waals surface area contributed by atoms with Gasteiger partial charge in [-0.25, -0.2) is 14.8 Å². The maximum Gasteiger partial charge on any atom is 0.352 e. The highest BCUT2D eigenvalue weighted by molar-refractivity contribution is 8.00. The maximum absolute atomic E-state index is 13.0. The van der Waals surface area contributed by atoms with E-state index in [9.17, 15) is 34.9 Å². The fourth-order valence-corrected chi connectivity index (χ4v) is 5.99. The van der Waals surface area contributed by atoms with Crippen LogP contribution in [0.3, 0.4) is 0 Å². The standard InChI is InChI=1S/C21H24N8O7S2/c22-21-24-12(10-38-21)14(26-36)17(32)25-15-18(33)29-16(20(34)35)11(9-37-19(15)29)7-27-2-1-23-13(8-27)28(3-5-30)4-6-31/h1-2,8,10,15,19,30-31H,3-7,9H2,(H4-,22,24,25,32,34,35,36)/p+1/t15?,19-/m0/s1. The van der Waals surface area contributed by atoms with E-state index in [-0.39, 0.29) is 55.1 Å². The number of carbonyl (C=O) groups excluding carboxylic acids is 2. The molecule has 1 saturated heterocycles. The van der Waals surface area contributed by atoms with E-state index in [0.717, 1.165) is 16.2 Å². The third-order valence-corrected chi connectivity index (χ3v) is 7.81. The molecule has 0 aliphatic carbocycles. The van der Waals surface area contributed by atoms with E-state index >= 15 is 0 Å². The number of aromatic nitrogens is 3. The van der Waals surface area contributed by atoms with Crippen molar-refractivity contribution in [3.8, 4) is 0 Å². The van der Waals surface area contributed by atoms with Crippen molar-refractivity contribution in [2.75, 3.05) is 42.7 Å². The molecule has 15 nitrogen and oxygen atoms in total. The summed E-state index contributed by atoms with van der Waals surface area (Å²) in [7, 11) is 0. The SMILES string of the molecule is Nc1nc(C(=NO)C(=O)NC2C(=O)N3C(C(=O)O)=C(C[n+]4ccnc(N(CCO)CCO)c4)CS[C@@H]23)cs1. The summed E-state index contributed by atoms with van der Waals surface area (Å²) in [6.07, 6.45) is 4.83. The number of β-lactam (4-membered cyclic amide) rings is 1. The molecule has 0 spiro atoms. The maximum atomic E-state index is 13.0. The quantitative estimate of drug-likeness (QED) is 0.0563. The van der Waals surface area contributed by atoms with E-state index in [1.165, 1.54) is 23.3 Å². The van der Waals surface area contributed by atoms with Crippen LogP contribution in [-0.2, 0) is 20.9 Å². The van der Waals surface area contributed by atoms with Crippen LogP contribution in [0.4, 0.5) is 10.9 Å². The molecule has 2 amide bonds. The molecule has 0 aromatic carbocycles. The van der Waals surface area contributed by atoms with Crippen molar-refractivity contribution in [1.29, 1.82) is 0 Å². The summed E-state index contributed by atoms with van der Waals surface area (Å²) >= 11 is 2.34. The average molecular weight is 566 g/mol. The summed E-state index contributed by atoms with van der Waals surface area (Å²) in [5.41, 5.74) is 5.51. The van der Waals surface area contributed by atoms with Crippen molar-refractivity contribution >= 4 is 57.5 Å². The summed E-state index contributed by atoms with van der Waals surface area (Å²) in [6, 6.07) is -1.03. The number of carboxylic acids is 1. The van der Waals surface area contributed by atoms with Crippen LogP contribution >= 0.6 is 23.1 Å². The van der Waals surface area contributed by atoms with Gasteiger partial charge in [0.15, 0.2) is 29.4 Å². The Hall–Kier alpha value is -3.80. The van der Waals surface area contributed by atoms with Gasteiger partial charge in [-0.2, -0.15) is 4.57 Å². The first-order chi connectivity index (χ1) is 18.3. The number of fused-ring (bicyclic) bond motifs is 1. The number of nitrogen functional groups attached to an aromatic ring is 1. The molecule has 2 aliphatic rings. The van der Waals surface area contributed by atoms with Gasteiger partial charge >= 0.3 is 5.97 Å². The Morgan fingerprint density at radius 3 is 2.66 bits per heavy atom. The molecule has 4 rings (SSSR count). The van der Waals surface area contributed by atoms with Gasteiger partial charge in [-0.15, -0.1) is 23.1 Å². The number of rotatable bonds is 11. The second-order valence-electron chi connectivity index (χ2n) is 8.16. The summed E-state index contributed by atoms with van der Waals surface area (Å²) in [5.74, 6) is -1.99. The smallest absolute Gasteiger partial charge is 0.352 e. The van der Waals surface area contributed by atoms with Gasteiger partial charge in [0.25, 0.3) is 11.8 Å². The molecule has 2 aromatic heterocycles. The second-order valence-corrected chi connectivity index (χ2v) is 10.2. The molecule has 0 bridgehead atoms. The number of carbonyl (C=O) groups is 3. The van der Waals surface area contributed by atoms with Crippen LogP contribution in [-0.4, -0.2) is 102 Å². The van der Waals surface area contributed by atoms with Gasteiger partial charge in [0.05, 0.1) is 19.4 Å². The number of nitrogens with zero attached hydrogens (tertiary/aromatic N) is 6. The van der Waals surface area contributed by atoms with Crippen LogP contribution in [0, 0.1) is 0 Å². The van der Waals surface area contributed by atoms with Crippen molar-refractivity contribution < 1.29 is 39.5 Å². The lowest BCUT2D eigenvalue weighted by Crippen LogP contribution is -2.71. The zero-order valence-corrected chi connectivity index (χ0v) is 21.4. The highest BCUT2D eigenvalue weighted by Crippen LogP contribution is 2.40. The highest BCUT2D eigenvalue weighted by Gasteiger charge is 2.54. The lowest BCUT2D eigenvalue weighted by molar-refractivity contribution is -0.688. The predicted molar refractivity (Wildman–Crippen MR) is 135 cm³/mol. The Kier molecular flexibility index (Phi) is 8.40. The molecule has 2 aliphatic heterocycles. The number of aliphatic hydroxyl groups excluding tert-OH is 2. The van der Waals surface area contributed by atoms with E-state index in [4.69, 9.17) is 5.73 Å². The van der Waals surface area contributed by atoms with Gasteiger partial charge in [0, 0.05) is 29.8 Å². The molecule has 1 unspecified atom stereocenters. The zero-order chi connectivity index (χ0) is 27.4. The van der Waals surface area contributed by atoms with Crippen molar-refractivity contribution in [3.05, 3.63) is 40.9 Å². The van der Waals surface area contributed by atoms with E-state index in [1.54, 1.807) is 21.9 Å². The third-order valence-electron chi connectivity index (χ3n) is 5.80. The van der Waals surface area contributed by atoms with Crippen LogP contribution in [0.5, 0.6) is 0 Å². The van der Waals surface area contributed by atoms with Crippen LogP contribution in [0.15, 0.2) is 40.4 Å². The zero-order valence-electron chi connectivity index (χ0n) is 19.8. The molecule has 7 N–H and O–H groups in total. The number of aliphatic carboxylic acids is 1. The number of amides is 2. The van der Waals surface area contributed by atoms with E-state index < -0.39 is 34.9 Å². The molecule has 4 heterocycles. The molecule has 0 saturated carbocycles. The topological polar surface area (TPSA) is 219 Å². The molecule has 202 valence electrons. The van der Waals surface area contributed by atoms with E-state index in [1.807, 2.05) is 0 Å². The van der Waals surface area contributed by atoms with Gasteiger partial charge in [-0.05, 0) is 0 Å². The van der Waals surface area contributed by atoms with E-state index in [2.05, 4.69) is 20.4 Å². The van der Waals surface area contributed by atoms with Gasteiger partial charge < -0.3 is 36.5 Å². The average Bonchev–Trinajstić information content (AvgIpc) is 3.32. The molecule has 38 heavy (non-hydrogen) atoms. The summed E-state index contributed by atoms with van der Waals surface area (Å²) in [4.78, 5) is 48.8. The monoisotopic (exact) mass is 565 g/mol. The molecule has 17 heteroatoms. The number of anilines is 2. The van der Waals surface area contributed by atoms with Crippen molar-refractivity contribution in [2.45, 2.75) is 18.0 Å². The van der Waals surface area contributed by atoms with Gasteiger partial charge in [-0.1, -0.05) is 5.16 Å². The Bertz CT molecular complexity index is 1290. The van der Waals surface area contributed by atoms with Crippen LogP contribution in [0.1, 0.15) is 5.69 Å². The lowest BCUT2D eigenvalue weighted by atomic mass is 10.0. The molecule has 2 aromatic rings. The lowest BCUT2D eigenvalue weighted by Gasteiger charge is -2.49. The first-order valence-electron chi connectivity index (χ1n) is 11.2. The van der Waals surface area contributed by atoms with Crippen LogP contribution < -0.4 is 20.5 Å². The number of carboxylic acid groups (broad SMARTS) is 1. The normalized spacial score (nSPS) is 19.2. The van der Waals surface area contributed by atoms with Crippen molar-refractivity contribution in [3.63, 3.8) is 0 Å². The number of hydrogen-bond donors (Lipinski definition) is 6. The number of nitrogens with one attached hydrogen (secondary N) is 1. The largest absolute Gasteiger partial charge is 0.477 e. The van der Waals surface area contributed by atoms with Crippen molar-refractivity contribution in [2.24, 2.45) is 5.16 Å². The van der Waals surface area contributed by atoms with Gasteiger partial charge in [0.1, 0.15) is 22.8 Å². The third kappa shape index (κ3) is 5.40. The Morgan fingerprint density at radius 2 is 2.05 bits per heavy atom. The van der Waals surface area contributed by atoms with E-state index in [0.29, 0.717) is 11.4 Å². The number of thioether (sulfide) groups is 1. The second kappa shape index (κ2) is 11.7. The number of hydrogen-bond acceptors (Lipinski definition) is 13. The van der Waals surface area contributed by atoms with Gasteiger partial charge in [-0.3, -0.25) is 14.5 Å². The fourth-order valence-electron chi connectivity index (χ4n) is 4.11. The summed E-state index contributed by atoms with van der Waals surface area (Å²) in [6.45, 7) is 0.386. The number of oxime groups is 1. The molecular formula is C21H25N8O7S2+. The van der Waals surface area contributed by atoms with Crippen LogP contribution in [0.2, 0.25) is 0 Å². The molecule has 2 atom stereocenters. The first kappa shape index (κ1) is 27.2. The Labute approximate surface area is 223 Å². The predicted octanol–water partition coefficient (Wildman–Crippen LogP) is -2.18. The number of nitrogens with two attached hydrogens (primary N) is 1. The molecule has 1 fully saturated rings. The molecular weight excluding hydrogens is 540 g/mol. The van der Waals surface area contributed by atoms with Crippen molar-refractivity contribution in [1.82, 2.24) is 20.2 Å². The minimum atomic E-state index is -1.28. The Morgan fingerprint density at radius 1 is 1.32 bits per heavy atom. The fraction of sp³-hybridized carbons (Fsp3) is 0.381. The molecule has 0 radical (unpaired) electrons. The summed E-state index contributed by atoms with van der Waals surface area (Å²) < 4.78 is 1.70. The highest BCUT2D eigenvalue weighted by atomic mass is 32.2. The Balaban J connectivity index is 1.51. The number of thiazole rings is 1.